The Hall–Kier alpha value is -3.17. The molecule has 7 nitrogen and oxygen atoms in total. The van der Waals surface area contributed by atoms with E-state index in [4.69, 9.17) is 14.2 Å². The van der Waals surface area contributed by atoms with Crippen LogP contribution in [0.2, 0.25) is 0 Å². The Morgan fingerprint density at radius 1 is 1.11 bits per heavy atom. The number of benzene rings is 2. The second-order valence-electron chi connectivity index (χ2n) is 8.44. The molecule has 2 N–H and O–H groups in total. The van der Waals surface area contributed by atoms with Gasteiger partial charge >= 0.3 is 6.09 Å². The number of carbonyl (C=O) groups is 1. The average Bonchev–Trinajstić information content (AvgIpc) is 2.92. The number of thioether (sulfide) groups is 1. The number of rotatable bonds is 9. The van der Waals surface area contributed by atoms with Crippen LogP contribution in [-0.4, -0.2) is 34.6 Å². The van der Waals surface area contributed by atoms with Gasteiger partial charge in [-0.15, -0.1) is 11.8 Å². The van der Waals surface area contributed by atoms with Crippen molar-refractivity contribution >= 4 is 23.5 Å². The van der Waals surface area contributed by atoms with Gasteiger partial charge in [0.15, 0.2) is 6.29 Å². The Balaban J connectivity index is 1.52. The maximum Gasteiger partial charge on any atom is 0.411 e. The summed E-state index contributed by atoms with van der Waals surface area (Å²) in [6.45, 7) is 5.80. The van der Waals surface area contributed by atoms with E-state index in [1.807, 2.05) is 54.6 Å². The Kier molecular flexibility index (Phi) is 9.13. The van der Waals surface area contributed by atoms with Crippen LogP contribution in [0.3, 0.4) is 0 Å². The summed E-state index contributed by atoms with van der Waals surface area (Å²) in [5.74, 6) is 0.802. The molecule has 188 valence electrons. The first-order valence-corrected chi connectivity index (χ1v) is 12.7. The Morgan fingerprint density at radius 2 is 1.86 bits per heavy atom. The fourth-order valence-electron chi connectivity index (χ4n) is 3.92. The van der Waals surface area contributed by atoms with Gasteiger partial charge in [-0.25, -0.2) is 9.78 Å². The maximum atomic E-state index is 11.8. The molecule has 4 rings (SSSR count). The third-order valence-corrected chi connectivity index (χ3v) is 6.95. The molecule has 8 heteroatoms. The maximum absolute atomic E-state index is 11.8. The molecule has 0 aliphatic carbocycles. The third kappa shape index (κ3) is 6.73. The molecular weight excluding hydrogens is 476 g/mol. The average molecular weight is 507 g/mol. The van der Waals surface area contributed by atoms with Gasteiger partial charge in [0.1, 0.15) is 6.61 Å². The van der Waals surface area contributed by atoms with E-state index in [-0.39, 0.29) is 31.3 Å². The number of anilines is 1. The number of aliphatic hydroxyl groups excluding tert-OH is 1. The van der Waals surface area contributed by atoms with Crippen molar-refractivity contribution in [1.29, 1.82) is 0 Å². The van der Waals surface area contributed by atoms with Crippen molar-refractivity contribution in [2.75, 3.05) is 17.7 Å². The Labute approximate surface area is 215 Å². The molecule has 0 bridgehead atoms. The van der Waals surface area contributed by atoms with Gasteiger partial charge in [-0.05, 0) is 35.4 Å². The van der Waals surface area contributed by atoms with Crippen LogP contribution < -0.4 is 5.32 Å². The Morgan fingerprint density at radius 3 is 2.53 bits per heavy atom. The minimum atomic E-state index is -0.584. The van der Waals surface area contributed by atoms with Crippen molar-refractivity contribution in [2.45, 2.75) is 37.1 Å². The number of aromatic nitrogens is 1. The van der Waals surface area contributed by atoms with E-state index in [0.717, 1.165) is 27.5 Å². The van der Waals surface area contributed by atoms with Crippen molar-refractivity contribution < 1.29 is 24.1 Å². The van der Waals surface area contributed by atoms with Crippen LogP contribution in [0.1, 0.15) is 36.0 Å². The number of pyridine rings is 1. The number of aliphatic hydroxyl groups is 1. The zero-order valence-electron chi connectivity index (χ0n) is 20.1. The van der Waals surface area contributed by atoms with Gasteiger partial charge < -0.3 is 19.3 Å². The third-order valence-electron chi connectivity index (χ3n) is 5.92. The van der Waals surface area contributed by atoms with Crippen LogP contribution >= 0.6 is 11.8 Å². The van der Waals surface area contributed by atoms with Gasteiger partial charge in [0.2, 0.25) is 0 Å². The predicted molar refractivity (Wildman–Crippen MR) is 140 cm³/mol. The lowest BCUT2D eigenvalue weighted by Gasteiger charge is -2.41. The number of hydrogen-bond donors (Lipinski definition) is 2. The smallest absolute Gasteiger partial charge is 0.411 e. The summed E-state index contributed by atoms with van der Waals surface area (Å²) in [5, 5.41) is 13.1. The quantitative estimate of drug-likeness (QED) is 0.276. The van der Waals surface area contributed by atoms with Crippen molar-refractivity contribution in [3.63, 3.8) is 0 Å². The lowest BCUT2D eigenvalue weighted by Crippen LogP contribution is -2.38. The summed E-state index contributed by atoms with van der Waals surface area (Å²) in [6.07, 6.45) is 1.88. The number of ether oxygens (including phenoxy) is 3. The number of carbonyl (C=O) groups excluding carboxylic acids is 1. The zero-order valence-corrected chi connectivity index (χ0v) is 20.9. The summed E-state index contributed by atoms with van der Waals surface area (Å²) in [7, 11) is 0. The highest BCUT2D eigenvalue weighted by atomic mass is 32.2. The van der Waals surface area contributed by atoms with Crippen LogP contribution in [0.15, 0.2) is 90.6 Å². The minimum absolute atomic E-state index is 0.00203. The molecule has 1 aliphatic rings. The standard InChI is InChI=1S/C28H30N2O5S/c1-3-16-33-28(32)30-23-13-11-22(12-14-23)27-34-24(18-36-25-6-4-5-15-29-25)19(2)26(35-27)21-9-7-20(17-31)8-10-21/h3-15,19,24,26-27,31H,1,16-18H2,2H3,(H,30,32)/t19-,24+,26+,27+/m0/s1. The summed E-state index contributed by atoms with van der Waals surface area (Å²) in [5.41, 5.74) is 3.34. The largest absolute Gasteiger partial charge is 0.445 e. The first-order chi connectivity index (χ1) is 17.6. The van der Waals surface area contributed by atoms with E-state index in [1.165, 1.54) is 6.08 Å². The van der Waals surface area contributed by atoms with E-state index >= 15 is 0 Å². The minimum Gasteiger partial charge on any atom is -0.445 e. The van der Waals surface area contributed by atoms with Gasteiger partial charge in [-0.2, -0.15) is 0 Å². The van der Waals surface area contributed by atoms with Crippen LogP contribution in [-0.2, 0) is 20.8 Å². The van der Waals surface area contributed by atoms with Gasteiger partial charge in [-0.3, -0.25) is 5.32 Å². The second-order valence-corrected chi connectivity index (χ2v) is 9.48. The summed E-state index contributed by atoms with van der Waals surface area (Å²) >= 11 is 1.65. The van der Waals surface area contributed by atoms with E-state index in [0.29, 0.717) is 5.69 Å². The molecule has 0 radical (unpaired) electrons. The van der Waals surface area contributed by atoms with Crippen LogP contribution in [0, 0.1) is 5.92 Å². The molecule has 0 spiro atoms. The highest BCUT2D eigenvalue weighted by Crippen LogP contribution is 2.43. The molecule has 4 atom stereocenters. The molecule has 3 aromatic rings. The summed E-state index contributed by atoms with van der Waals surface area (Å²) < 4.78 is 17.9. The van der Waals surface area contributed by atoms with Crippen LogP contribution in [0.4, 0.5) is 10.5 Å². The van der Waals surface area contributed by atoms with Gasteiger partial charge in [0.25, 0.3) is 0 Å². The van der Waals surface area contributed by atoms with E-state index < -0.39 is 12.4 Å². The SMILES string of the molecule is C=CCOC(=O)Nc1ccc([C@@H]2O[C@H](CSc3ccccn3)[C@H](C)[C@H](c3ccc(CO)cc3)O2)cc1. The number of nitrogens with one attached hydrogen (secondary N) is 1. The second kappa shape index (κ2) is 12.7. The van der Waals surface area contributed by atoms with Crippen molar-refractivity contribution in [3.05, 3.63) is 102 Å². The van der Waals surface area contributed by atoms with Crippen molar-refractivity contribution in [1.82, 2.24) is 4.98 Å². The first-order valence-electron chi connectivity index (χ1n) is 11.8. The molecule has 1 amide bonds. The van der Waals surface area contributed by atoms with Crippen molar-refractivity contribution in [3.8, 4) is 0 Å². The highest BCUT2D eigenvalue weighted by molar-refractivity contribution is 7.99. The van der Waals surface area contributed by atoms with E-state index in [2.05, 4.69) is 23.8 Å². The monoisotopic (exact) mass is 506 g/mol. The van der Waals surface area contributed by atoms with Gasteiger partial charge in [0.05, 0.1) is 23.8 Å². The van der Waals surface area contributed by atoms with Gasteiger partial charge in [-0.1, -0.05) is 62.0 Å². The summed E-state index contributed by atoms with van der Waals surface area (Å²) in [4.78, 5) is 16.2. The molecule has 36 heavy (non-hydrogen) atoms. The van der Waals surface area contributed by atoms with E-state index in [9.17, 15) is 9.90 Å². The topological polar surface area (TPSA) is 89.9 Å². The normalized spacial score (nSPS) is 21.5. The lowest BCUT2D eigenvalue weighted by atomic mass is 9.91. The number of hydrogen-bond acceptors (Lipinski definition) is 7. The zero-order chi connectivity index (χ0) is 25.3. The van der Waals surface area contributed by atoms with Crippen molar-refractivity contribution in [2.24, 2.45) is 5.92 Å². The molecule has 1 aliphatic heterocycles. The molecule has 1 aromatic heterocycles. The van der Waals surface area contributed by atoms with Gasteiger partial charge in [0, 0.05) is 29.1 Å². The molecule has 2 heterocycles. The predicted octanol–water partition coefficient (Wildman–Crippen LogP) is 5.89. The lowest BCUT2D eigenvalue weighted by molar-refractivity contribution is -0.268. The van der Waals surface area contributed by atoms with E-state index in [1.54, 1.807) is 30.1 Å². The highest BCUT2D eigenvalue weighted by Gasteiger charge is 2.38. The first kappa shape index (κ1) is 25.9. The molecule has 0 saturated carbocycles. The molecule has 0 unspecified atom stereocenters. The van der Waals surface area contributed by atoms with Crippen LogP contribution in [0.25, 0.3) is 0 Å². The molecule has 1 saturated heterocycles. The Bertz CT molecular complexity index is 1120. The number of nitrogens with zero attached hydrogens (tertiary/aromatic N) is 1. The molecule has 2 aromatic carbocycles. The molecular formula is C28H30N2O5S. The number of amides is 1. The fraction of sp³-hybridized carbons (Fsp3) is 0.286. The summed E-state index contributed by atoms with van der Waals surface area (Å²) in [6, 6.07) is 21.0. The fourth-order valence-corrected chi connectivity index (χ4v) is 4.95. The molecule has 1 fully saturated rings. The van der Waals surface area contributed by atoms with Crippen LogP contribution in [0.5, 0.6) is 0 Å².